The van der Waals surface area contributed by atoms with Gasteiger partial charge in [-0.25, -0.2) is 4.79 Å². The van der Waals surface area contributed by atoms with E-state index in [9.17, 15) is 9.59 Å². The molecule has 0 amide bonds. The first-order chi connectivity index (χ1) is 12.1. The highest BCUT2D eigenvalue weighted by Gasteiger charge is 2.21. The summed E-state index contributed by atoms with van der Waals surface area (Å²) in [7, 11) is 0. The van der Waals surface area contributed by atoms with E-state index in [1.807, 2.05) is 43.3 Å². The van der Waals surface area contributed by atoms with Gasteiger partial charge in [0.05, 0.1) is 30.0 Å². The smallest absolute Gasteiger partial charge is 0.345 e. The number of aromatic amines is 1. The lowest BCUT2D eigenvalue weighted by Gasteiger charge is -2.14. The SMILES string of the molecule is CCOC(=O)c1c(NCc2ccccn2)c2cccc(C)c2[nH]c1=O. The van der Waals surface area contributed by atoms with Gasteiger partial charge >= 0.3 is 5.97 Å². The number of ether oxygens (including phenoxy) is 1. The molecule has 0 fully saturated rings. The van der Waals surface area contributed by atoms with Crippen molar-refractivity contribution in [1.29, 1.82) is 0 Å². The number of nitrogens with zero attached hydrogens (tertiary/aromatic N) is 1. The first kappa shape index (κ1) is 16.7. The van der Waals surface area contributed by atoms with Gasteiger partial charge in [0.25, 0.3) is 5.56 Å². The molecule has 0 aliphatic rings. The Balaban J connectivity index is 2.14. The largest absolute Gasteiger partial charge is 0.462 e. The number of aromatic nitrogens is 2. The number of carbonyl (C=O) groups excluding carboxylic acids is 1. The van der Waals surface area contributed by atoms with E-state index in [4.69, 9.17) is 4.74 Å². The number of anilines is 1. The number of nitrogens with one attached hydrogen (secondary N) is 2. The minimum absolute atomic E-state index is 0.0177. The van der Waals surface area contributed by atoms with Crippen molar-refractivity contribution in [3.8, 4) is 0 Å². The Morgan fingerprint density at radius 3 is 2.80 bits per heavy atom. The highest BCUT2D eigenvalue weighted by Crippen LogP contribution is 2.26. The molecule has 1 aromatic carbocycles. The van der Waals surface area contributed by atoms with Crippen LogP contribution < -0.4 is 10.9 Å². The van der Waals surface area contributed by atoms with E-state index in [1.54, 1.807) is 13.1 Å². The second-order valence-electron chi connectivity index (χ2n) is 5.60. The summed E-state index contributed by atoms with van der Waals surface area (Å²) in [6, 6.07) is 11.2. The fourth-order valence-electron chi connectivity index (χ4n) is 2.73. The average Bonchev–Trinajstić information content (AvgIpc) is 2.61. The topological polar surface area (TPSA) is 84.1 Å². The molecule has 0 saturated heterocycles. The molecule has 3 aromatic rings. The molecule has 2 aromatic heterocycles. The van der Waals surface area contributed by atoms with Gasteiger partial charge in [-0.05, 0) is 31.5 Å². The van der Waals surface area contributed by atoms with E-state index < -0.39 is 11.5 Å². The van der Waals surface area contributed by atoms with Gasteiger partial charge in [0.2, 0.25) is 0 Å². The molecule has 0 aliphatic carbocycles. The Labute approximate surface area is 144 Å². The third-order valence-corrected chi connectivity index (χ3v) is 3.91. The first-order valence-corrected chi connectivity index (χ1v) is 8.08. The quantitative estimate of drug-likeness (QED) is 0.699. The molecular weight excluding hydrogens is 318 g/mol. The van der Waals surface area contributed by atoms with Crippen LogP contribution in [0.25, 0.3) is 10.9 Å². The van der Waals surface area contributed by atoms with Gasteiger partial charge < -0.3 is 15.0 Å². The minimum atomic E-state index is -0.643. The van der Waals surface area contributed by atoms with Gasteiger partial charge in [0, 0.05) is 11.6 Å². The third-order valence-electron chi connectivity index (χ3n) is 3.91. The number of para-hydroxylation sites is 1. The maximum absolute atomic E-state index is 12.5. The van der Waals surface area contributed by atoms with Crippen molar-refractivity contribution in [2.24, 2.45) is 0 Å². The van der Waals surface area contributed by atoms with Crippen LogP contribution in [0.5, 0.6) is 0 Å². The van der Waals surface area contributed by atoms with Crippen molar-refractivity contribution in [2.75, 3.05) is 11.9 Å². The number of fused-ring (bicyclic) bond motifs is 1. The number of hydrogen-bond acceptors (Lipinski definition) is 5. The van der Waals surface area contributed by atoms with Gasteiger partial charge in [-0.2, -0.15) is 0 Å². The molecule has 0 saturated carbocycles. The summed E-state index contributed by atoms with van der Waals surface area (Å²) in [6.45, 7) is 4.20. The zero-order chi connectivity index (χ0) is 17.8. The van der Waals surface area contributed by atoms with Crippen LogP contribution in [-0.2, 0) is 11.3 Å². The summed E-state index contributed by atoms with van der Waals surface area (Å²) in [4.78, 5) is 31.9. The molecular formula is C19H19N3O3. The summed E-state index contributed by atoms with van der Waals surface area (Å²) in [5.74, 6) is -0.643. The standard InChI is InChI=1S/C19H19N3O3/c1-3-25-19(24)15-17(21-11-13-8-4-5-10-20-13)14-9-6-7-12(2)16(14)22-18(15)23/h4-10H,3,11H2,1-2H3,(H2,21,22,23). The van der Waals surface area contributed by atoms with Crippen molar-refractivity contribution >= 4 is 22.6 Å². The lowest BCUT2D eigenvalue weighted by Crippen LogP contribution is -2.23. The fourth-order valence-corrected chi connectivity index (χ4v) is 2.73. The van der Waals surface area contributed by atoms with Crippen LogP contribution in [0.15, 0.2) is 47.4 Å². The van der Waals surface area contributed by atoms with Crippen molar-refractivity contribution in [2.45, 2.75) is 20.4 Å². The predicted octanol–water partition coefficient (Wildman–Crippen LogP) is 3.02. The Morgan fingerprint density at radius 2 is 2.08 bits per heavy atom. The molecule has 0 atom stereocenters. The average molecular weight is 337 g/mol. The maximum atomic E-state index is 12.5. The van der Waals surface area contributed by atoms with Crippen LogP contribution in [0.2, 0.25) is 0 Å². The molecule has 0 unspecified atom stereocenters. The molecule has 0 aliphatic heterocycles. The van der Waals surface area contributed by atoms with Gasteiger partial charge in [-0.1, -0.05) is 24.3 Å². The number of aryl methyl sites for hydroxylation is 1. The van der Waals surface area contributed by atoms with Crippen LogP contribution in [0, 0.1) is 6.92 Å². The molecule has 6 nitrogen and oxygen atoms in total. The van der Waals surface area contributed by atoms with E-state index in [2.05, 4.69) is 15.3 Å². The summed E-state index contributed by atoms with van der Waals surface area (Å²) >= 11 is 0. The van der Waals surface area contributed by atoms with E-state index >= 15 is 0 Å². The molecule has 2 N–H and O–H groups in total. The van der Waals surface area contributed by atoms with Gasteiger partial charge in [0.1, 0.15) is 5.56 Å². The molecule has 3 rings (SSSR count). The Hall–Kier alpha value is -3.15. The molecule has 128 valence electrons. The second-order valence-corrected chi connectivity index (χ2v) is 5.60. The van der Waals surface area contributed by atoms with Crippen LogP contribution in [-0.4, -0.2) is 22.5 Å². The van der Waals surface area contributed by atoms with Gasteiger partial charge in [-0.15, -0.1) is 0 Å². The number of esters is 1. The maximum Gasteiger partial charge on any atom is 0.345 e. The molecule has 6 heteroatoms. The highest BCUT2D eigenvalue weighted by atomic mass is 16.5. The van der Waals surface area contributed by atoms with Crippen molar-refractivity contribution in [3.63, 3.8) is 0 Å². The normalized spacial score (nSPS) is 10.6. The number of benzene rings is 1. The molecule has 25 heavy (non-hydrogen) atoms. The van der Waals surface area contributed by atoms with Crippen molar-refractivity contribution < 1.29 is 9.53 Å². The fraction of sp³-hybridized carbons (Fsp3) is 0.211. The number of pyridine rings is 2. The van der Waals surface area contributed by atoms with E-state index in [0.29, 0.717) is 17.7 Å². The zero-order valence-corrected chi connectivity index (χ0v) is 14.1. The zero-order valence-electron chi connectivity index (χ0n) is 14.1. The monoisotopic (exact) mass is 337 g/mol. The lowest BCUT2D eigenvalue weighted by molar-refractivity contribution is 0.0525. The van der Waals surface area contributed by atoms with E-state index in [1.165, 1.54) is 0 Å². The van der Waals surface area contributed by atoms with Crippen molar-refractivity contribution in [3.05, 3.63) is 69.8 Å². The summed E-state index contributed by atoms with van der Waals surface area (Å²) < 4.78 is 5.07. The van der Waals surface area contributed by atoms with E-state index in [0.717, 1.165) is 16.6 Å². The minimum Gasteiger partial charge on any atom is -0.462 e. The molecule has 0 bridgehead atoms. The van der Waals surface area contributed by atoms with Crippen LogP contribution in [0.4, 0.5) is 5.69 Å². The number of rotatable bonds is 5. The van der Waals surface area contributed by atoms with E-state index in [-0.39, 0.29) is 12.2 Å². The summed E-state index contributed by atoms with van der Waals surface area (Å²) in [5, 5.41) is 3.96. The third kappa shape index (κ3) is 3.38. The second kappa shape index (κ2) is 7.17. The predicted molar refractivity (Wildman–Crippen MR) is 96.8 cm³/mol. The number of H-pyrrole nitrogens is 1. The van der Waals surface area contributed by atoms with Gasteiger partial charge in [0.15, 0.2) is 0 Å². The Kier molecular flexibility index (Phi) is 4.79. The van der Waals surface area contributed by atoms with Gasteiger partial charge in [-0.3, -0.25) is 9.78 Å². The van der Waals surface area contributed by atoms with Crippen LogP contribution in [0.1, 0.15) is 28.5 Å². The molecule has 0 radical (unpaired) electrons. The number of carbonyl (C=O) groups is 1. The van der Waals surface area contributed by atoms with Crippen LogP contribution >= 0.6 is 0 Å². The molecule has 0 spiro atoms. The Morgan fingerprint density at radius 1 is 1.24 bits per heavy atom. The highest BCUT2D eigenvalue weighted by molar-refractivity contribution is 6.05. The van der Waals surface area contributed by atoms with Crippen molar-refractivity contribution in [1.82, 2.24) is 9.97 Å². The molecule has 2 heterocycles. The van der Waals surface area contributed by atoms with Crippen LogP contribution in [0.3, 0.4) is 0 Å². The lowest BCUT2D eigenvalue weighted by atomic mass is 10.1. The summed E-state index contributed by atoms with van der Waals surface area (Å²) in [6.07, 6.45) is 1.70. The summed E-state index contributed by atoms with van der Waals surface area (Å²) in [5.41, 5.74) is 2.40. The first-order valence-electron chi connectivity index (χ1n) is 8.08. The Bertz CT molecular complexity index is 965. The number of hydrogen-bond donors (Lipinski definition) is 2.